The number of aliphatic hydroxyl groups excluding tert-OH is 1. The predicted octanol–water partition coefficient (Wildman–Crippen LogP) is 10.1. The third-order valence-electron chi connectivity index (χ3n) is 13.1. The fourth-order valence-electron chi connectivity index (χ4n) is 10.3. The van der Waals surface area contributed by atoms with Gasteiger partial charge in [0.15, 0.2) is 0 Å². The van der Waals surface area contributed by atoms with Gasteiger partial charge in [0.05, 0.1) is 6.10 Å². The smallest absolute Gasteiger partial charge is 0.302 e. The summed E-state index contributed by atoms with van der Waals surface area (Å²) in [4.78, 5) is 11.8. The van der Waals surface area contributed by atoms with Crippen LogP contribution in [0.15, 0.2) is 66.7 Å². The highest BCUT2D eigenvalue weighted by Crippen LogP contribution is 2.60. The molecule has 3 aliphatic rings. The number of aliphatic hydroxyl groups is 1. The molecule has 0 aromatic heterocycles. The number of hydrogen-bond acceptors (Lipinski definition) is 3. The van der Waals surface area contributed by atoms with Crippen molar-refractivity contribution >= 4 is 11.5 Å². The van der Waals surface area contributed by atoms with Crippen LogP contribution >= 0.6 is 0 Å². The van der Waals surface area contributed by atoms with Crippen LogP contribution in [-0.2, 0) is 9.53 Å². The van der Waals surface area contributed by atoms with E-state index in [1.54, 1.807) is 0 Å². The van der Waals surface area contributed by atoms with E-state index in [4.69, 9.17) is 4.74 Å². The molecular weight excluding hydrogens is 540 g/mol. The van der Waals surface area contributed by atoms with Crippen LogP contribution in [0.5, 0.6) is 0 Å². The maximum Gasteiger partial charge on any atom is 0.302 e. The molecule has 44 heavy (non-hydrogen) atoms. The molecule has 3 heteroatoms. The average Bonchev–Trinajstić information content (AvgIpc) is 3.31. The topological polar surface area (TPSA) is 46.5 Å². The minimum Gasteiger partial charge on any atom is -0.463 e. The van der Waals surface area contributed by atoms with E-state index < -0.39 is 0 Å². The highest BCUT2D eigenvalue weighted by Gasteiger charge is 2.54. The zero-order valence-corrected chi connectivity index (χ0v) is 28.3. The number of esters is 1. The van der Waals surface area contributed by atoms with Gasteiger partial charge in [-0.1, -0.05) is 108 Å². The molecule has 0 saturated heterocycles. The zero-order valence-electron chi connectivity index (χ0n) is 28.3. The Kier molecular flexibility index (Phi) is 10.4. The van der Waals surface area contributed by atoms with Gasteiger partial charge in [-0.15, -0.1) is 0 Å². The molecule has 2 aromatic rings. The number of carbonyl (C=O) groups excluding carboxylic acids is 1. The molecule has 0 bridgehead atoms. The molecule has 0 radical (unpaired) electrons. The van der Waals surface area contributed by atoms with Gasteiger partial charge in [0.2, 0.25) is 0 Å². The Morgan fingerprint density at radius 1 is 1.00 bits per heavy atom. The maximum absolute atomic E-state index is 11.8. The van der Waals surface area contributed by atoms with Gasteiger partial charge in [-0.25, -0.2) is 0 Å². The van der Waals surface area contributed by atoms with Crippen LogP contribution in [0, 0.1) is 46.3 Å². The first kappa shape index (κ1) is 33.0. The summed E-state index contributed by atoms with van der Waals surface area (Å²) in [5.74, 6) is 3.09. The molecule has 5 rings (SSSR count). The number of fused-ring (bicyclic) bond motifs is 1. The molecule has 240 valence electrons. The number of hydrogen-bond donors (Lipinski definition) is 1. The molecule has 3 unspecified atom stereocenters. The Bertz CT molecular complexity index is 1210. The van der Waals surface area contributed by atoms with Crippen molar-refractivity contribution in [3.05, 3.63) is 77.9 Å². The van der Waals surface area contributed by atoms with Gasteiger partial charge in [-0.05, 0) is 121 Å². The number of allylic oxidation sites excluding steroid dienone is 1. The summed E-state index contributed by atoms with van der Waals surface area (Å²) in [5.41, 5.74) is 4.44. The first-order valence-electron chi connectivity index (χ1n) is 17.7. The van der Waals surface area contributed by atoms with Crippen LogP contribution in [0.2, 0.25) is 0 Å². The van der Waals surface area contributed by atoms with Gasteiger partial charge in [-0.2, -0.15) is 0 Å². The second kappa shape index (κ2) is 13.9. The van der Waals surface area contributed by atoms with E-state index >= 15 is 0 Å². The van der Waals surface area contributed by atoms with Crippen molar-refractivity contribution in [1.82, 2.24) is 0 Å². The molecule has 3 nitrogen and oxygen atoms in total. The summed E-state index contributed by atoms with van der Waals surface area (Å²) in [7, 11) is 0. The maximum atomic E-state index is 11.8. The second-order valence-corrected chi connectivity index (χ2v) is 15.4. The van der Waals surface area contributed by atoms with Gasteiger partial charge in [0, 0.05) is 6.92 Å². The van der Waals surface area contributed by atoms with Crippen LogP contribution in [-0.4, -0.2) is 23.3 Å². The number of carbonyl (C=O) groups is 1. The zero-order chi connectivity index (χ0) is 31.5. The lowest BCUT2D eigenvalue weighted by atomic mass is 9.49. The Balaban J connectivity index is 1.32. The van der Waals surface area contributed by atoms with E-state index in [1.807, 2.05) is 0 Å². The van der Waals surface area contributed by atoms with E-state index in [-0.39, 0.29) is 23.6 Å². The lowest BCUT2D eigenvalue weighted by molar-refractivity contribution is -0.162. The largest absolute Gasteiger partial charge is 0.463 e. The molecule has 0 amide bonds. The molecule has 3 aliphatic carbocycles. The molecule has 0 heterocycles. The van der Waals surface area contributed by atoms with Crippen LogP contribution < -0.4 is 0 Å². The predicted molar refractivity (Wildman–Crippen MR) is 182 cm³/mol. The first-order chi connectivity index (χ1) is 21.1. The minimum atomic E-state index is -0.248. The Labute approximate surface area is 267 Å². The first-order valence-corrected chi connectivity index (χ1v) is 17.7. The lowest BCUT2D eigenvalue weighted by Gasteiger charge is -2.57. The number of rotatable bonds is 10. The SMILES string of the molecule is CC[C@@H]1C2C[C@H](OC(C)=O)CC[C@]2(C)C(CC[C@@]2(C)C(C)CC[C@@H]2[C@H](C)CC=C(c2ccccc2)c2ccccc2)C[C@@H]1O. The van der Waals surface area contributed by atoms with Gasteiger partial charge in [-0.3, -0.25) is 4.79 Å². The van der Waals surface area contributed by atoms with Crippen molar-refractivity contribution < 1.29 is 14.6 Å². The summed E-state index contributed by atoms with van der Waals surface area (Å²) in [6.45, 7) is 13.9. The Morgan fingerprint density at radius 2 is 1.64 bits per heavy atom. The van der Waals surface area contributed by atoms with Gasteiger partial charge in [0.1, 0.15) is 6.10 Å². The average molecular weight is 599 g/mol. The summed E-state index contributed by atoms with van der Waals surface area (Å²) < 4.78 is 5.73. The minimum absolute atomic E-state index is 0.00731. The summed E-state index contributed by atoms with van der Waals surface area (Å²) in [6, 6.07) is 21.7. The third kappa shape index (κ3) is 6.74. The van der Waals surface area contributed by atoms with Crippen LogP contribution in [0.4, 0.5) is 0 Å². The molecule has 3 fully saturated rings. The molecule has 0 spiro atoms. The molecule has 3 saturated carbocycles. The van der Waals surface area contributed by atoms with Crippen molar-refractivity contribution in [2.45, 2.75) is 118 Å². The summed E-state index contributed by atoms with van der Waals surface area (Å²) in [6.07, 6.45) is 13.3. The quantitative estimate of drug-likeness (QED) is 0.277. The van der Waals surface area contributed by atoms with Crippen molar-refractivity contribution in [3.63, 3.8) is 0 Å². The van der Waals surface area contributed by atoms with Crippen molar-refractivity contribution in [3.8, 4) is 0 Å². The molecular formula is C41H58O3. The van der Waals surface area contributed by atoms with E-state index in [0.29, 0.717) is 40.9 Å². The second-order valence-electron chi connectivity index (χ2n) is 15.4. The van der Waals surface area contributed by atoms with Crippen molar-refractivity contribution in [1.29, 1.82) is 0 Å². The molecule has 1 N–H and O–H groups in total. The fourth-order valence-corrected chi connectivity index (χ4v) is 10.3. The Morgan fingerprint density at radius 3 is 2.23 bits per heavy atom. The normalized spacial score (nSPS) is 35.8. The Hall–Kier alpha value is -2.39. The van der Waals surface area contributed by atoms with E-state index in [2.05, 4.69) is 101 Å². The number of benzene rings is 2. The van der Waals surface area contributed by atoms with Gasteiger partial charge >= 0.3 is 5.97 Å². The van der Waals surface area contributed by atoms with E-state index in [1.165, 1.54) is 49.3 Å². The van der Waals surface area contributed by atoms with Crippen molar-refractivity contribution in [2.24, 2.45) is 46.3 Å². The highest BCUT2D eigenvalue weighted by molar-refractivity contribution is 5.79. The molecule has 0 aliphatic heterocycles. The monoisotopic (exact) mass is 598 g/mol. The fraction of sp³-hybridized carbons (Fsp3) is 0.634. The standard InChI is InChI=1S/C41H58O3/c1-7-35-38-27-34(44-30(4)42)23-25-41(38,6)33(26-39(35)43)22-24-40(5)29(3)19-21-37(40)28(2)18-20-36(31-14-10-8-11-15-31)32-16-12-9-13-17-32/h8-17,20,28-29,33-35,37-39,43H,7,18-19,21-27H2,1-6H3/t28-,29?,33?,34-,35-,37-,38?,39+,40+,41-/m1/s1. The van der Waals surface area contributed by atoms with Crippen LogP contribution in [0.25, 0.3) is 5.57 Å². The lowest BCUT2D eigenvalue weighted by Crippen LogP contribution is -2.53. The highest BCUT2D eigenvalue weighted by atomic mass is 16.5. The summed E-state index contributed by atoms with van der Waals surface area (Å²) >= 11 is 0. The van der Waals surface area contributed by atoms with E-state index in [9.17, 15) is 9.90 Å². The molecule has 10 atom stereocenters. The van der Waals surface area contributed by atoms with Gasteiger partial charge < -0.3 is 9.84 Å². The number of ether oxygens (including phenoxy) is 1. The van der Waals surface area contributed by atoms with Crippen molar-refractivity contribution in [2.75, 3.05) is 0 Å². The van der Waals surface area contributed by atoms with Gasteiger partial charge in [0.25, 0.3) is 0 Å². The van der Waals surface area contributed by atoms with Crippen LogP contribution in [0.3, 0.4) is 0 Å². The molecule has 2 aromatic carbocycles. The third-order valence-corrected chi connectivity index (χ3v) is 13.1. The van der Waals surface area contributed by atoms with Crippen LogP contribution in [0.1, 0.15) is 117 Å². The summed E-state index contributed by atoms with van der Waals surface area (Å²) in [5, 5.41) is 11.4. The van der Waals surface area contributed by atoms with E-state index in [0.717, 1.165) is 38.5 Å².